The molecule has 0 aromatic heterocycles. The van der Waals surface area contributed by atoms with Gasteiger partial charge in [-0.05, 0) is 73.7 Å². The third-order valence-corrected chi connectivity index (χ3v) is 8.38. The van der Waals surface area contributed by atoms with Crippen LogP contribution in [0.2, 0.25) is 0 Å². The third-order valence-electron chi connectivity index (χ3n) is 6.49. The van der Waals surface area contributed by atoms with E-state index in [0.717, 1.165) is 24.1 Å². The van der Waals surface area contributed by atoms with Gasteiger partial charge >= 0.3 is 0 Å². The Balaban J connectivity index is 1.37. The minimum atomic E-state index is -3.69. The molecule has 1 saturated heterocycles. The number of carbonyl (C=O) groups excluding carboxylic acids is 3. The number of piperidine rings is 1. The first-order valence-corrected chi connectivity index (χ1v) is 13.2. The molecular weight excluding hydrogens is 468 g/mol. The van der Waals surface area contributed by atoms with E-state index in [1.807, 2.05) is 0 Å². The summed E-state index contributed by atoms with van der Waals surface area (Å²) >= 11 is 0. The van der Waals surface area contributed by atoms with Gasteiger partial charge in [0.25, 0.3) is 0 Å². The number of rotatable bonds is 5. The quantitative estimate of drug-likeness (QED) is 0.658. The van der Waals surface area contributed by atoms with Crippen molar-refractivity contribution < 1.29 is 22.8 Å². The van der Waals surface area contributed by atoms with Gasteiger partial charge in [-0.2, -0.15) is 4.31 Å². The topological polar surface area (TPSA) is 116 Å². The minimum absolute atomic E-state index is 0.0504. The molecule has 186 valence electrons. The summed E-state index contributed by atoms with van der Waals surface area (Å²) in [6.07, 6.45) is 2.39. The maximum atomic E-state index is 13.3. The van der Waals surface area contributed by atoms with Crippen molar-refractivity contribution in [3.63, 3.8) is 0 Å². The molecule has 0 spiro atoms. The number of hydrogen-bond acceptors (Lipinski definition) is 5. The highest BCUT2D eigenvalue weighted by molar-refractivity contribution is 7.89. The number of sulfonamides is 1. The van der Waals surface area contributed by atoms with Crippen LogP contribution in [-0.2, 0) is 30.8 Å². The summed E-state index contributed by atoms with van der Waals surface area (Å²) in [5.41, 5.74) is 2.91. The predicted molar refractivity (Wildman–Crippen MR) is 134 cm³/mol. The Bertz CT molecular complexity index is 1240. The van der Waals surface area contributed by atoms with Gasteiger partial charge in [-0.15, -0.1) is 0 Å². The molecule has 3 amide bonds. The van der Waals surface area contributed by atoms with Gasteiger partial charge < -0.3 is 15.5 Å². The van der Waals surface area contributed by atoms with Gasteiger partial charge in [-0.3, -0.25) is 14.4 Å². The summed E-state index contributed by atoms with van der Waals surface area (Å²) in [5, 5.41) is 5.55. The number of carbonyl (C=O) groups is 3. The lowest BCUT2D eigenvalue weighted by Gasteiger charge is -2.32. The lowest BCUT2D eigenvalue weighted by atomic mass is 9.97. The highest BCUT2D eigenvalue weighted by Gasteiger charge is 2.33. The molecule has 10 heteroatoms. The Kier molecular flexibility index (Phi) is 7.23. The number of nitrogens with zero attached hydrogens (tertiary/aromatic N) is 2. The Morgan fingerprint density at radius 1 is 0.886 bits per heavy atom. The molecule has 2 heterocycles. The van der Waals surface area contributed by atoms with Crippen molar-refractivity contribution in [2.45, 2.75) is 44.4 Å². The zero-order chi connectivity index (χ0) is 25.2. The Hall–Kier alpha value is -3.24. The first kappa shape index (κ1) is 24.9. The summed E-state index contributed by atoms with van der Waals surface area (Å²) in [6.45, 7) is 4.11. The number of aryl methyl sites for hydroxylation is 1. The van der Waals surface area contributed by atoms with Gasteiger partial charge in [0.05, 0.1) is 4.90 Å². The molecule has 2 aromatic carbocycles. The summed E-state index contributed by atoms with van der Waals surface area (Å²) in [7, 11) is -3.69. The third kappa shape index (κ3) is 5.54. The molecule has 0 radical (unpaired) electrons. The SMILES string of the molecule is CC(=O)Nc1ccc(NC(=O)C2CCN(S(=O)(=O)c3ccc4c(c3)CCCN4C(C)=O)CC2)cc1. The molecule has 2 aliphatic rings. The van der Waals surface area contributed by atoms with E-state index in [0.29, 0.717) is 30.8 Å². The molecule has 0 saturated carbocycles. The second kappa shape index (κ2) is 10.2. The van der Waals surface area contributed by atoms with Crippen molar-refractivity contribution in [1.82, 2.24) is 4.31 Å². The van der Waals surface area contributed by atoms with Crippen LogP contribution in [0.1, 0.15) is 38.7 Å². The predicted octanol–water partition coefficient (Wildman–Crippen LogP) is 2.98. The molecule has 2 aromatic rings. The summed E-state index contributed by atoms with van der Waals surface area (Å²) in [6, 6.07) is 11.8. The van der Waals surface area contributed by atoms with E-state index >= 15 is 0 Å². The van der Waals surface area contributed by atoms with E-state index in [4.69, 9.17) is 0 Å². The van der Waals surface area contributed by atoms with Crippen molar-refractivity contribution in [2.75, 3.05) is 35.2 Å². The molecule has 0 bridgehead atoms. The molecule has 2 N–H and O–H groups in total. The average molecular weight is 499 g/mol. The Labute approximate surface area is 205 Å². The smallest absolute Gasteiger partial charge is 0.243 e. The minimum Gasteiger partial charge on any atom is -0.326 e. The van der Waals surface area contributed by atoms with Crippen LogP contribution in [-0.4, -0.2) is 50.1 Å². The summed E-state index contributed by atoms with van der Waals surface area (Å²) in [5.74, 6) is -0.654. The van der Waals surface area contributed by atoms with E-state index in [-0.39, 0.29) is 41.6 Å². The molecule has 0 unspecified atom stereocenters. The van der Waals surface area contributed by atoms with Crippen molar-refractivity contribution >= 4 is 44.8 Å². The molecule has 0 aliphatic carbocycles. The van der Waals surface area contributed by atoms with Gasteiger partial charge in [-0.25, -0.2) is 8.42 Å². The fourth-order valence-electron chi connectivity index (χ4n) is 4.65. The second-order valence-corrected chi connectivity index (χ2v) is 10.9. The number of benzene rings is 2. The van der Waals surface area contributed by atoms with E-state index < -0.39 is 10.0 Å². The molecule has 2 aliphatic heterocycles. The number of hydrogen-bond donors (Lipinski definition) is 2. The number of anilines is 3. The highest BCUT2D eigenvalue weighted by atomic mass is 32.2. The standard InChI is InChI=1S/C25H30N4O5S/c1-17(30)26-21-5-7-22(8-6-21)27-25(32)19-11-14-28(15-12-19)35(33,34)23-9-10-24-20(16-23)4-3-13-29(24)18(2)31/h5-10,16,19H,3-4,11-15H2,1-2H3,(H,26,30)(H,27,32). The first-order chi connectivity index (χ1) is 16.6. The average Bonchev–Trinajstić information content (AvgIpc) is 2.84. The van der Waals surface area contributed by atoms with Crippen LogP contribution in [0.3, 0.4) is 0 Å². The van der Waals surface area contributed by atoms with E-state index in [9.17, 15) is 22.8 Å². The fraction of sp³-hybridized carbons (Fsp3) is 0.400. The van der Waals surface area contributed by atoms with Gasteiger partial charge in [-0.1, -0.05) is 0 Å². The molecule has 0 atom stereocenters. The van der Waals surface area contributed by atoms with Crippen LogP contribution in [0.4, 0.5) is 17.1 Å². The molecule has 9 nitrogen and oxygen atoms in total. The zero-order valence-corrected chi connectivity index (χ0v) is 20.7. The number of amides is 3. The van der Waals surface area contributed by atoms with Crippen LogP contribution >= 0.6 is 0 Å². The van der Waals surface area contributed by atoms with Crippen molar-refractivity contribution in [3.8, 4) is 0 Å². The van der Waals surface area contributed by atoms with Crippen LogP contribution < -0.4 is 15.5 Å². The first-order valence-electron chi connectivity index (χ1n) is 11.7. The Morgan fingerprint density at radius 2 is 1.51 bits per heavy atom. The molecular formula is C25H30N4O5S. The van der Waals surface area contributed by atoms with Crippen molar-refractivity contribution in [2.24, 2.45) is 5.92 Å². The molecule has 4 rings (SSSR count). The van der Waals surface area contributed by atoms with E-state index in [2.05, 4.69) is 10.6 Å². The van der Waals surface area contributed by atoms with Gasteiger partial charge in [0, 0.05) is 56.5 Å². The van der Waals surface area contributed by atoms with E-state index in [1.54, 1.807) is 47.4 Å². The summed E-state index contributed by atoms with van der Waals surface area (Å²) < 4.78 is 28.0. The van der Waals surface area contributed by atoms with E-state index in [1.165, 1.54) is 18.2 Å². The maximum absolute atomic E-state index is 13.3. The number of nitrogens with one attached hydrogen (secondary N) is 2. The van der Waals surface area contributed by atoms with Crippen LogP contribution in [0.15, 0.2) is 47.4 Å². The largest absolute Gasteiger partial charge is 0.326 e. The van der Waals surface area contributed by atoms with Crippen LogP contribution in [0, 0.1) is 5.92 Å². The lowest BCUT2D eigenvalue weighted by molar-refractivity contribution is -0.121. The second-order valence-electron chi connectivity index (χ2n) is 8.99. The maximum Gasteiger partial charge on any atom is 0.243 e. The monoisotopic (exact) mass is 498 g/mol. The normalized spacial score (nSPS) is 16.9. The highest BCUT2D eigenvalue weighted by Crippen LogP contribution is 2.32. The van der Waals surface area contributed by atoms with Crippen molar-refractivity contribution in [1.29, 1.82) is 0 Å². The van der Waals surface area contributed by atoms with Gasteiger partial charge in [0.1, 0.15) is 0 Å². The number of fused-ring (bicyclic) bond motifs is 1. The van der Waals surface area contributed by atoms with Gasteiger partial charge in [0.2, 0.25) is 27.7 Å². The Morgan fingerprint density at radius 3 is 2.11 bits per heavy atom. The molecule has 1 fully saturated rings. The fourth-order valence-corrected chi connectivity index (χ4v) is 6.17. The zero-order valence-electron chi connectivity index (χ0n) is 19.9. The summed E-state index contributed by atoms with van der Waals surface area (Å²) in [4.78, 5) is 37.7. The lowest BCUT2D eigenvalue weighted by Crippen LogP contribution is -2.41. The molecule has 35 heavy (non-hydrogen) atoms. The van der Waals surface area contributed by atoms with Crippen LogP contribution in [0.5, 0.6) is 0 Å². The van der Waals surface area contributed by atoms with Crippen molar-refractivity contribution in [3.05, 3.63) is 48.0 Å². The van der Waals surface area contributed by atoms with Crippen LogP contribution in [0.25, 0.3) is 0 Å². The van der Waals surface area contributed by atoms with Gasteiger partial charge in [0.15, 0.2) is 0 Å².